The molecular weight excluding hydrogens is 261 g/mol. The minimum Gasteiger partial charge on any atom is -0.258 e. The second-order valence-corrected chi connectivity index (χ2v) is 3.40. The lowest BCUT2D eigenvalue weighted by molar-refractivity contribution is -0.138. The van der Waals surface area contributed by atoms with E-state index in [0.717, 1.165) is 6.07 Å². The van der Waals surface area contributed by atoms with Crippen LogP contribution < -0.4 is 0 Å². The van der Waals surface area contributed by atoms with Gasteiger partial charge < -0.3 is 0 Å². The van der Waals surface area contributed by atoms with Crippen molar-refractivity contribution in [2.45, 2.75) is 12.6 Å². The number of pyridine rings is 1. The van der Waals surface area contributed by atoms with E-state index >= 15 is 0 Å². The van der Waals surface area contributed by atoms with Gasteiger partial charge in [0.15, 0.2) is 0 Å². The number of aromatic nitrogens is 1. The van der Waals surface area contributed by atoms with Crippen molar-refractivity contribution in [2.75, 3.05) is 0 Å². The third kappa shape index (κ3) is 2.45. The highest BCUT2D eigenvalue weighted by Crippen LogP contribution is 2.32. The Balaban J connectivity index is 3.24. The predicted octanol–water partition coefficient (Wildman–Crippen LogP) is 2.93. The van der Waals surface area contributed by atoms with Crippen LogP contribution in [-0.2, 0) is 12.6 Å². The lowest BCUT2D eigenvalue weighted by atomic mass is 10.1. The fourth-order valence-electron chi connectivity index (χ4n) is 0.929. The zero-order valence-electron chi connectivity index (χ0n) is 6.77. The van der Waals surface area contributed by atoms with Crippen LogP contribution in [0.4, 0.5) is 13.2 Å². The Morgan fingerprint density at radius 2 is 2.14 bits per heavy atom. The summed E-state index contributed by atoms with van der Waals surface area (Å²) in [5, 5.41) is 8.31. The Labute approximate surface area is 86.5 Å². The Bertz CT molecular complexity index is 381. The molecule has 0 N–H and O–H groups in total. The van der Waals surface area contributed by atoms with Gasteiger partial charge in [0.1, 0.15) is 0 Å². The number of halogens is 4. The largest absolute Gasteiger partial charge is 0.418 e. The number of rotatable bonds is 1. The maximum atomic E-state index is 12.4. The fraction of sp³-hybridized carbons (Fsp3) is 0.250. The summed E-state index contributed by atoms with van der Waals surface area (Å²) in [6.07, 6.45) is -3.58. The first-order valence-electron chi connectivity index (χ1n) is 3.53. The minimum absolute atomic E-state index is 0.242. The van der Waals surface area contributed by atoms with Crippen molar-refractivity contribution in [3.8, 4) is 6.07 Å². The van der Waals surface area contributed by atoms with E-state index in [9.17, 15) is 13.2 Å². The highest BCUT2D eigenvalue weighted by molar-refractivity contribution is 9.10. The highest BCUT2D eigenvalue weighted by Gasteiger charge is 2.34. The summed E-state index contributed by atoms with van der Waals surface area (Å²) in [4.78, 5) is 3.55. The number of nitrogens with zero attached hydrogens (tertiary/aromatic N) is 2. The van der Waals surface area contributed by atoms with Crippen molar-refractivity contribution >= 4 is 15.9 Å². The molecule has 0 aliphatic rings. The summed E-state index contributed by atoms with van der Waals surface area (Å²) in [5.74, 6) is 0. The van der Waals surface area contributed by atoms with Gasteiger partial charge in [-0.1, -0.05) is 0 Å². The molecule has 6 heteroatoms. The highest BCUT2D eigenvalue weighted by atomic mass is 79.9. The van der Waals surface area contributed by atoms with Crippen LogP contribution in [0.5, 0.6) is 0 Å². The third-order valence-electron chi connectivity index (χ3n) is 1.49. The molecule has 74 valence electrons. The summed E-state index contributed by atoms with van der Waals surface area (Å²) in [6, 6.07) is 2.55. The van der Waals surface area contributed by atoms with Crippen molar-refractivity contribution in [1.29, 1.82) is 5.26 Å². The van der Waals surface area contributed by atoms with E-state index in [2.05, 4.69) is 20.9 Å². The predicted molar refractivity (Wildman–Crippen MR) is 46.3 cm³/mol. The van der Waals surface area contributed by atoms with Crippen molar-refractivity contribution in [3.05, 3.63) is 28.0 Å². The van der Waals surface area contributed by atoms with Crippen LogP contribution in [0, 0.1) is 11.3 Å². The SMILES string of the molecule is N#CCc1ncc(Br)cc1C(F)(F)F. The fourth-order valence-corrected chi connectivity index (χ4v) is 1.26. The molecule has 1 aromatic rings. The van der Waals surface area contributed by atoms with Gasteiger partial charge in [-0.2, -0.15) is 18.4 Å². The number of nitriles is 1. The lowest BCUT2D eigenvalue weighted by Crippen LogP contribution is -2.10. The monoisotopic (exact) mass is 264 g/mol. The minimum atomic E-state index is -4.47. The van der Waals surface area contributed by atoms with E-state index in [1.165, 1.54) is 6.20 Å². The molecule has 0 saturated carbocycles. The van der Waals surface area contributed by atoms with Gasteiger partial charge in [0.05, 0.1) is 23.7 Å². The number of hydrogen-bond acceptors (Lipinski definition) is 2. The molecule has 0 spiro atoms. The standard InChI is InChI=1S/C8H4BrF3N2/c9-5-3-6(8(10,11)12)7(1-2-13)14-4-5/h3-4H,1H2. The molecule has 1 heterocycles. The number of hydrogen-bond donors (Lipinski definition) is 0. The quantitative estimate of drug-likeness (QED) is 0.782. The molecule has 0 saturated heterocycles. The first-order chi connectivity index (χ1) is 6.45. The molecule has 0 unspecified atom stereocenters. The van der Waals surface area contributed by atoms with Crippen molar-refractivity contribution in [1.82, 2.24) is 4.98 Å². The summed E-state index contributed by atoms with van der Waals surface area (Å²) in [7, 11) is 0. The van der Waals surface area contributed by atoms with E-state index in [1.807, 2.05) is 0 Å². The van der Waals surface area contributed by atoms with Gasteiger partial charge in [0.25, 0.3) is 0 Å². The molecule has 0 aliphatic heterocycles. The molecule has 0 atom stereocenters. The van der Waals surface area contributed by atoms with Gasteiger partial charge in [-0.15, -0.1) is 0 Å². The molecule has 0 bridgehead atoms. The van der Waals surface area contributed by atoms with E-state index in [-0.39, 0.29) is 16.6 Å². The first kappa shape index (κ1) is 11.0. The normalized spacial score (nSPS) is 11.1. The third-order valence-corrected chi connectivity index (χ3v) is 1.92. The Hall–Kier alpha value is -1.09. The van der Waals surface area contributed by atoms with Crippen molar-refractivity contribution < 1.29 is 13.2 Å². The van der Waals surface area contributed by atoms with Gasteiger partial charge in [0.2, 0.25) is 0 Å². The van der Waals surface area contributed by atoms with E-state index in [0.29, 0.717) is 0 Å². The molecule has 0 radical (unpaired) electrons. The second kappa shape index (κ2) is 3.96. The van der Waals surface area contributed by atoms with Crippen LogP contribution in [-0.4, -0.2) is 4.98 Å². The lowest BCUT2D eigenvalue weighted by Gasteiger charge is -2.09. The average Bonchev–Trinajstić information content (AvgIpc) is 2.07. The van der Waals surface area contributed by atoms with Crippen LogP contribution in [0.15, 0.2) is 16.7 Å². The second-order valence-electron chi connectivity index (χ2n) is 2.48. The molecule has 0 fully saturated rings. The van der Waals surface area contributed by atoms with Crippen LogP contribution in [0.2, 0.25) is 0 Å². The average molecular weight is 265 g/mol. The van der Waals surface area contributed by atoms with Crippen LogP contribution >= 0.6 is 15.9 Å². The Morgan fingerprint density at radius 3 is 2.64 bits per heavy atom. The van der Waals surface area contributed by atoms with Gasteiger partial charge in [-0.05, 0) is 22.0 Å². The molecule has 0 aliphatic carbocycles. The van der Waals surface area contributed by atoms with Crippen LogP contribution in [0.25, 0.3) is 0 Å². The van der Waals surface area contributed by atoms with Crippen LogP contribution in [0.3, 0.4) is 0 Å². The zero-order valence-corrected chi connectivity index (χ0v) is 8.35. The summed E-state index contributed by atoms with van der Waals surface area (Å²) in [5.41, 5.74) is -1.11. The molecule has 1 aromatic heterocycles. The Morgan fingerprint density at radius 1 is 1.50 bits per heavy atom. The molecule has 1 rings (SSSR count). The van der Waals surface area contributed by atoms with Crippen LogP contribution in [0.1, 0.15) is 11.3 Å². The van der Waals surface area contributed by atoms with Crippen molar-refractivity contribution in [2.24, 2.45) is 0 Å². The van der Waals surface area contributed by atoms with E-state index in [1.54, 1.807) is 6.07 Å². The molecule has 0 aromatic carbocycles. The molecule has 14 heavy (non-hydrogen) atoms. The molecule has 0 amide bonds. The maximum Gasteiger partial charge on any atom is 0.418 e. The molecule has 2 nitrogen and oxygen atoms in total. The summed E-state index contributed by atoms with van der Waals surface area (Å²) in [6.45, 7) is 0. The first-order valence-corrected chi connectivity index (χ1v) is 4.33. The number of alkyl halides is 3. The van der Waals surface area contributed by atoms with Gasteiger partial charge in [-0.25, -0.2) is 0 Å². The van der Waals surface area contributed by atoms with Gasteiger partial charge in [-0.3, -0.25) is 4.98 Å². The van der Waals surface area contributed by atoms with Crippen molar-refractivity contribution in [3.63, 3.8) is 0 Å². The zero-order chi connectivity index (χ0) is 10.8. The van der Waals surface area contributed by atoms with E-state index in [4.69, 9.17) is 5.26 Å². The van der Waals surface area contributed by atoms with Gasteiger partial charge in [0, 0.05) is 10.7 Å². The summed E-state index contributed by atoms with van der Waals surface area (Å²) >= 11 is 2.89. The summed E-state index contributed by atoms with van der Waals surface area (Å²) < 4.78 is 37.4. The maximum absolute atomic E-state index is 12.4. The van der Waals surface area contributed by atoms with Gasteiger partial charge >= 0.3 is 6.18 Å². The molecular formula is C8H4BrF3N2. The van der Waals surface area contributed by atoms with E-state index < -0.39 is 11.7 Å². The topological polar surface area (TPSA) is 36.7 Å². The smallest absolute Gasteiger partial charge is 0.258 e. The Kier molecular flexibility index (Phi) is 3.11.